The van der Waals surface area contributed by atoms with Crippen molar-refractivity contribution in [3.63, 3.8) is 0 Å². The molecule has 1 aromatic carbocycles. The summed E-state index contributed by atoms with van der Waals surface area (Å²) in [5.41, 5.74) is 0.0415. The number of rotatable bonds is 6. The number of carbonyl (C=O) groups excluding carboxylic acids is 1. The molecule has 0 heterocycles. The largest absolute Gasteiger partial charge is 0.354 e. The Morgan fingerprint density at radius 3 is 2.48 bits per heavy atom. The number of nitrogens with zero attached hydrogens (tertiary/aromatic N) is 1. The molecule has 1 amide bonds. The highest BCUT2D eigenvalue weighted by molar-refractivity contribution is 7.89. The average molecular weight is 309 g/mol. The molecule has 0 radical (unpaired) electrons. The summed E-state index contributed by atoms with van der Waals surface area (Å²) >= 11 is 0. The van der Waals surface area contributed by atoms with Gasteiger partial charge in [0.05, 0.1) is 16.5 Å². The smallest absolute Gasteiger partial charge is 0.242 e. The maximum Gasteiger partial charge on any atom is 0.242 e. The third-order valence-electron chi connectivity index (χ3n) is 2.71. The van der Waals surface area contributed by atoms with E-state index in [4.69, 9.17) is 5.26 Å². The molecule has 0 aromatic heterocycles. The molecule has 0 aliphatic carbocycles. The van der Waals surface area contributed by atoms with E-state index < -0.39 is 22.0 Å². The molecule has 0 saturated carbocycles. The van der Waals surface area contributed by atoms with Gasteiger partial charge in [-0.05, 0) is 25.0 Å². The van der Waals surface area contributed by atoms with Crippen LogP contribution in [0.3, 0.4) is 0 Å². The van der Waals surface area contributed by atoms with Gasteiger partial charge < -0.3 is 5.32 Å². The molecule has 7 heteroatoms. The van der Waals surface area contributed by atoms with Crippen molar-refractivity contribution in [2.75, 3.05) is 6.54 Å². The molecule has 0 bridgehead atoms. The number of benzene rings is 1. The normalized spacial score (nSPS) is 12.7. The first kappa shape index (κ1) is 17.1. The zero-order chi connectivity index (χ0) is 16.0. The average Bonchev–Trinajstić information content (AvgIpc) is 2.44. The van der Waals surface area contributed by atoms with Crippen LogP contribution in [0.25, 0.3) is 0 Å². The van der Waals surface area contributed by atoms with Gasteiger partial charge in [0.25, 0.3) is 0 Å². The van der Waals surface area contributed by atoms with E-state index in [1.165, 1.54) is 25.1 Å². The Morgan fingerprint density at radius 1 is 1.29 bits per heavy atom. The number of amides is 1. The van der Waals surface area contributed by atoms with E-state index in [-0.39, 0.29) is 16.4 Å². The number of carbonyl (C=O) groups is 1. The van der Waals surface area contributed by atoms with Crippen molar-refractivity contribution in [3.05, 3.63) is 29.8 Å². The molecule has 1 aromatic rings. The lowest BCUT2D eigenvalue weighted by molar-refractivity contribution is -0.122. The molecule has 1 unspecified atom stereocenters. The fourth-order valence-electron chi connectivity index (χ4n) is 1.60. The van der Waals surface area contributed by atoms with Crippen molar-refractivity contribution in [3.8, 4) is 6.07 Å². The topological polar surface area (TPSA) is 99.1 Å². The molecule has 0 fully saturated rings. The molecule has 1 atom stereocenters. The second-order valence-corrected chi connectivity index (χ2v) is 6.77. The highest BCUT2D eigenvalue weighted by Crippen LogP contribution is 2.14. The molecule has 0 aliphatic rings. The van der Waals surface area contributed by atoms with Gasteiger partial charge in [-0.2, -0.15) is 9.98 Å². The number of nitriles is 1. The third-order valence-corrected chi connectivity index (χ3v) is 4.31. The van der Waals surface area contributed by atoms with Gasteiger partial charge in [0, 0.05) is 6.54 Å². The van der Waals surface area contributed by atoms with Gasteiger partial charge in [0.15, 0.2) is 0 Å². The van der Waals surface area contributed by atoms with Crippen LogP contribution in [-0.4, -0.2) is 26.9 Å². The number of sulfonamides is 1. The zero-order valence-electron chi connectivity index (χ0n) is 12.3. The first-order valence-electron chi connectivity index (χ1n) is 6.57. The summed E-state index contributed by atoms with van der Waals surface area (Å²) in [7, 11) is -3.92. The van der Waals surface area contributed by atoms with Gasteiger partial charge >= 0.3 is 0 Å². The summed E-state index contributed by atoms with van der Waals surface area (Å²) in [4.78, 5) is 11.7. The van der Waals surface area contributed by atoms with Crippen LogP contribution in [0.2, 0.25) is 0 Å². The monoisotopic (exact) mass is 309 g/mol. The van der Waals surface area contributed by atoms with E-state index in [1.54, 1.807) is 6.07 Å². The summed E-state index contributed by atoms with van der Waals surface area (Å²) < 4.78 is 26.7. The van der Waals surface area contributed by atoms with Gasteiger partial charge in [0.1, 0.15) is 6.07 Å². The van der Waals surface area contributed by atoms with Gasteiger partial charge in [-0.3, -0.25) is 4.79 Å². The van der Waals surface area contributed by atoms with Crippen molar-refractivity contribution in [2.24, 2.45) is 5.92 Å². The summed E-state index contributed by atoms with van der Waals surface area (Å²) in [6.07, 6.45) is 0. The summed E-state index contributed by atoms with van der Waals surface area (Å²) in [5.74, 6) is -0.126. The quantitative estimate of drug-likeness (QED) is 0.818. The molecule has 2 N–H and O–H groups in total. The summed E-state index contributed by atoms with van der Waals surface area (Å²) in [6.45, 7) is 5.82. The van der Waals surface area contributed by atoms with Crippen LogP contribution in [0.4, 0.5) is 0 Å². The standard InChI is InChI=1S/C14H19N3O3S/c1-10(2)9-16-14(18)11(3)17-21(19,20)13-7-5-4-6-12(13)8-15/h4-7,10-11,17H,9H2,1-3H3,(H,16,18). The molecule has 0 spiro atoms. The van der Waals surface area contributed by atoms with Crippen molar-refractivity contribution in [1.82, 2.24) is 10.0 Å². The first-order chi connectivity index (χ1) is 9.77. The minimum Gasteiger partial charge on any atom is -0.354 e. The SMILES string of the molecule is CC(C)CNC(=O)C(C)NS(=O)(=O)c1ccccc1C#N. The zero-order valence-corrected chi connectivity index (χ0v) is 13.1. The maximum absolute atomic E-state index is 12.2. The van der Waals surface area contributed by atoms with Crippen LogP contribution in [0.1, 0.15) is 26.3 Å². The summed E-state index contributed by atoms with van der Waals surface area (Å²) in [5, 5.41) is 11.6. The molecular weight excluding hydrogens is 290 g/mol. The highest BCUT2D eigenvalue weighted by Gasteiger charge is 2.24. The molecule has 6 nitrogen and oxygen atoms in total. The van der Waals surface area contributed by atoms with Crippen molar-refractivity contribution >= 4 is 15.9 Å². The van der Waals surface area contributed by atoms with Crippen LogP contribution in [0.15, 0.2) is 29.2 Å². The lowest BCUT2D eigenvalue weighted by Gasteiger charge is -2.15. The van der Waals surface area contributed by atoms with E-state index >= 15 is 0 Å². The van der Waals surface area contributed by atoms with E-state index in [1.807, 2.05) is 19.9 Å². The first-order valence-corrected chi connectivity index (χ1v) is 8.05. The van der Waals surface area contributed by atoms with E-state index in [9.17, 15) is 13.2 Å². The Bertz CT molecular complexity index is 648. The molecule has 0 aliphatic heterocycles. The Labute approximate surface area is 125 Å². The fourth-order valence-corrected chi connectivity index (χ4v) is 2.96. The van der Waals surface area contributed by atoms with E-state index in [2.05, 4.69) is 10.0 Å². The van der Waals surface area contributed by atoms with E-state index in [0.29, 0.717) is 6.54 Å². The lowest BCUT2D eigenvalue weighted by Crippen LogP contribution is -2.45. The van der Waals surface area contributed by atoms with Crippen molar-refractivity contribution in [1.29, 1.82) is 5.26 Å². The lowest BCUT2D eigenvalue weighted by atomic mass is 10.2. The second-order valence-electron chi connectivity index (χ2n) is 5.09. The highest BCUT2D eigenvalue weighted by atomic mass is 32.2. The molecular formula is C14H19N3O3S. The predicted molar refractivity (Wildman–Crippen MR) is 78.8 cm³/mol. The number of hydrogen-bond donors (Lipinski definition) is 2. The Morgan fingerprint density at radius 2 is 1.90 bits per heavy atom. The Balaban J connectivity index is 2.86. The summed E-state index contributed by atoms with van der Waals surface area (Å²) in [6, 6.07) is 6.76. The number of nitrogens with one attached hydrogen (secondary N) is 2. The van der Waals surface area contributed by atoms with Crippen molar-refractivity contribution < 1.29 is 13.2 Å². The number of hydrogen-bond acceptors (Lipinski definition) is 4. The van der Waals surface area contributed by atoms with Gasteiger partial charge in [-0.15, -0.1) is 0 Å². The maximum atomic E-state index is 12.2. The van der Waals surface area contributed by atoms with Crippen LogP contribution < -0.4 is 10.0 Å². The molecule has 1 rings (SSSR count). The van der Waals surface area contributed by atoms with E-state index in [0.717, 1.165) is 0 Å². The second kappa shape index (κ2) is 7.20. The molecule has 21 heavy (non-hydrogen) atoms. The Hall–Kier alpha value is -1.91. The fraction of sp³-hybridized carbons (Fsp3) is 0.429. The molecule has 114 valence electrons. The van der Waals surface area contributed by atoms with Gasteiger partial charge in [-0.1, -0.05) is 26.0 Å². The van der Waals surface area contributed by atoms with Crippen LogP contribution in [0, 0.1) is 17.2 Å². The van der Waals surface area contributed by atoms with Crippen LogP contribution >= 0.6 is 0 Å². The van der Waals surface area contributed by atoms with Crippen molar-refractivity contribution in [2.45, 2.75) is 31.7 Å². The van der Waals surface area contributed by atoms with Crippen LogP contribution in [-0.2, 0) is 14.8 Å². The minimum atomic E-state index is -3.92. The van der Waals surface area contributed by atoms with Crippen LogP contribution in [0.5, 0.6) is 0 Å². The predicted octanol–water partition coefficient (Wildman–Crippen LogP) is 0.997. The molecule has 0 saturated heterocycles. The van der Waals surface area contributed by atoms with Gasteiger partial charge in [-0.25, -0.2) is 8.42 Å². The van der Waals surface area contributed by atoms with Gasteiger partial charge in [0.2, 0.25) is 15.9 Å². The Kier molecular flexibility index (Phi) is 5.88. The third kappa shape index (κ3) is 4.85. The minimum absolute atomic E-state index is 0.0415.